The molecule has 0 aromatic carbocycles. The number of nitrogens with zero attached hydrogens (tertiary/aromatic N) is 1. The van der Waals surface area contributed by atoms with Crippen LogP contribution in [0.25, 0.3) is 0 Å². The smallest absolute Gasteiger partial charge is 0.254 e. The Bertz CT molecular complexity index is 525. The SMILES string of the molecule is COc1ccsc1S(=O)(=O)N[C@@H]1CCC[C@H]1N(C)C. The van der Waals surface area contributed by atoms with Crippen molar-refractivity contribution in [3.8, 4) is 5.75 Å². The molecule has 19 heavy (non-hydrogen) atoms. The van der Waals surface area contributed by atoms with E-state index in [1.807, 2.05) is 14.1 Å². The van der Waals surface area contributed by atoms with Crippen LogP contribution in [0.1, 0.15) is 19.3 Å². The van der Waals surface area contributed by atoms with E-state index in [2.05, 4.69) is 9.62 Å². The van der Waals surface area contributed by atoms with E-state index in [-0.39, 0.29) is 16.3 Å². The lowest BCUT2D eigenvalue weighted by Crippen LogP contribution is -2.45. The normalized spacial score (nSPS) is 24.0. The van der Waals surface area contributed by atoms with Crippen LogP contribution in [-0.2, 0) is 10.0 Å². The lowest BCUT2D eigenvalue weighted by molar-refractivity contribution is 0.267. The summed E-state index contributed by atoms with van der Waals surface area (Å²) in [5, 5.41) is 1.73. The van der Waals surface area contributed by atoms with Gasteiger partial charge in [0.1, 0.15) is 5.75 Å². The molecule has 0 saturated heterocycles. The van der Waals surface area contributed by atoms with Crippen molar-refractivity contribution in [1.82, 2.24) is 9.62 Å². The standard InChI is InChI=1S/C12H20N2O3S2/c1-14(2)10-6-4-5-9(10)13-19(15,16)12-11(17-3)7-8-18-12/h7-10,13H,4-6H2,1-3H3/t9-,10-/m1/s1. The first-order chi connectivity index (χ1) is 8.95. The van der Waals surface area contributed by atoms with Gasteiger partial charge in [-0.3, -0.25) is 0 Å². The highest BCUT2D eigenvalue weighted by molar-refractivity contribution is 7.91. The van der Waals surface area contributed by atoms with E-state index in [4.69, 9.17) is 4.74 Å². The molecule has 2 atom stereocenters. The largest absolute Gasteiger partial charge is 0.494 e. The molecule has 7 heteroatoms. The average molecular weight is 304 g/mol. The number of likely N-dealkylation sites (N-methyl/N-ethyl adjacent to an activating group) is 1. The number of thiophene rings is 1. The third-order valence-corrected chi connectivity index (χ3v) is 6.45. The van der Waals surface area contributed by atoms with Crippen molar-refractivity contribution in [1.29, 1.82) is 0 Å². The van der Waals surface area contributed by atoms with Gasteiger partial charge in [-0.05, 0) is 38.4 Å². The Labute approximate surface area is 118 Å². The van der Waals surface area contributed by atoms with E-state index in [0.717, 1.165) is 19.3 Å². The van der Waals surface area contributed by atoms with Gasteiger partial charge in [-0.1, -0.05) is 6.42 Å². The first-order valence-corrected chi connectivity index (χ1v) is 8.62. The van der Waals surface area contributed by atoms with Crippen LogP contribution < -0.4 is 9.46 Å². The Kier molecular flexibility index (Phi) is 4.50. The van der Waals surface area contributed by atoms with Gasteiger partial charge in [-0.25, -0.2) is 13.1 Å². The second-order valence-electron chi connectivity index (χ2n) is 4.97. The fourth-order valence-electron chi connectivity index (χ4n) is 2.58. The van der Waals surface area contributed by atoms with E-state index < -0.39 is 10.0 Å². The lowest BCUT2D eigenvalue weighted by atomic mass is 10.2. The van der Waals surface area contributed by atoms with Gasteiger partial charge in [-0.15, -0.1) is 11.3 Å². The molecular weight excluding hydrogens is 284 g/mol. The number of ether oxygens (including phenoxy) is 1. The Balaban J connectivity index is 2.18. The molecule has 0 aliphatic heterocycles. The van der Waals surface area contributed by atoms with Crippen LogP contribution in [0.15, 0.2) is 15.7 Å². The zero-order chi connectivity index (χ0) is 14.0. The van der Waals surface area contributed by atoms with Crippen molar-refractivity contribution in [3.05, 3.63) is 11.4 Å². The van der Waals surface area contributed by atoms with Gasteiger partial charge < -0.3 is 9.64 Å². The highest BCUT2D eigenvalue weighted by Gasteiger charge is 2.33. The molecule has 108 valence electrons. The molecule has 0 amide bonds. The zero-order valence-electron chi connectivity index (χ0n) is 11.4. The second-order valence-corrected chi connectivity index (χ2v) is 7.79. The van der Waals surface area contributed by atoms with E-state index >= 15 is 0 Å². The number of rotatable bonds is 5. The third-order valence-electron chi connectivity index (χ3n) is 3.51. The monoisotopic (exact) mass is 304 g/mol. The molecule has 1 aromatic heterocycles. The summed E-state index contributed by atoms with van der Waals surface area (Å²) in [6, 6.07) is 1.92. The maximum absolute atomic E-state index is 12.4. The maximum atomic E-state index is 12.4. The van der Waals surface area contributed by atoms with Gasteiger partial charge >= 0.3 is 0 Å². The Hall–Kier alpha value is -0.630. The van der Waals surface area contributed by atoms with Crippen molar-refractivity contribution >= 4 is 21.4 Å². The van der Waals surface area contributed by atoms with Gasteiger partial charge in [0.2, 0.25) is 0 Å². The fraction of sp³-hybridized carbons (Fsp3) is 0.667. The molecule has 0 radical (unpaired) electrons. The van der Waals surface area contributed by atoms with E-state index in [0.29, 0.717) is 5.75 Å². The highest BCUT2D eigenvalue weighted by Crippen LogP contribution is 2.31. The molecule has 0 spiro atoms. The summed E-state index contributed by atoms with van der Waals surface area (Å²) in [5.41, 5.74) is 0. The summed E-state index contributed by atoms with van der Waals surface area (Å²) < 4.78 is 33.0. The Morgan fingerprint density at radius 3 is 2.79 bits per heavy atom. The van der Waals surface area contributed by atoms with Crippen LogP contribution in [0, 0.1) is 0 Å². The average Bonchev–Trinajstić information content (AvgIpc) is 2.95. The van der Waals surface area contributed by atoms with Crippen molar-refractivity contribution in [3.63, 3.8) is 0 Å². The molecule has 1 aliphatic rings. The molecule has 0 unspecified atom stereocenters. The number of hydrogen-bond acceptors (Lipinski definition) is 5. The van der Waals surface area contributed by atoms with E-state index in [1.165, 1.54) is 18.4 Å². The fourth-order valence-corrected chi connectivity index (χ4v) is 5.18. The quantitative estimate of drug-likeness (QED) is 0.896. The molecular formula is C12H20N2O3S2. The minimum Gasteiger partial charge on any atom is -0.494 e. The summed E-state index contributed by atoms with van der Waals surface area (Å²) in [4.78, 5) is 2.09. The molecule has 2 rings (SSSR count). The van der Waals surface area contributed by atoms with Crippen LogP contribution in [0.5, 0.6) is 5.75 Å². The first kappa shape index (κ1) is 14.8. The topological polar surface area (TPSA) is 58.6 Å². The van der Waals surface area contributed by atoms with Crippen LogP contribution in [-0.4, -0.2) is 46.6 Å². The summed E-state index contributed by atoms with van der Waals surface area (Å²) >= 11 is 1.18. The van der Waals surface area contributed by atoms with Crippen LogP contribution >= 0.6 is 11.3 Å². The van der Waals surface area contributed by atoms with E-state index in [1.54, 1.807) is 11.4 Å². The molecule has 1 N–H and O–H groups in total. The predicted molar refractivity (Wildman–Crippen MR) is 76.3 cm³/mol. The Morgan fingerprint density at radius 1 is 1.42 bits per heavy atom. The van der Waals surface area contributed by atoms with Gasteiger partial charge in [0, 0.05) is 12.1 Å². The third kappa shape index (κ3) is 3.10. The van der Waals surface area contributed by atoms with Crippen molar-refractivity contribution in [2.45, 2.75) is 35.6 Å². The molecule has 1 heterocycles. The number of sulfonamides is 1. The molecule has 1 aliphatic carbocycles. The van der Waals surface area contributed by atoms with Crippen molar-refractivity contribution in [2.24, 2.45) is 0 Å². The molecule has 1 fully saturated rings. The number of nitrogens with one attached hydrogen (secondary N) is 1. The van der Waals surface area contributed by atoms with E-state index in [9.17, 15) is 8.42 Å². The van der Waals surface area contributed by atoms with Crippen LogP contribution in [0.3, 0.4) is 0 Å². The van der Waals surface area contributed by atoms with Gasteiger partial charge in [-0.2, -0.15) is 0 Å². The Morgan fingerprint density at radius 2 is 2.16 bits per heavy atom. The summed E-state index contributed by atoms with van der Waals surface area (Å²) in [6.45, 7) is 0. The zero-order valence-corrected chi connectivity index (χ0v) is 13.1. The van der Waals surface area contributed by atoms with Gasteiger partial charge in [0.15, 0.2) is 4.21 Å². The summed E-state index contributed by atoms with van der Waals surface area (Å²) in [5.74, 6) is 0.414. The highest BCUT2D eigenvalue weighted by atomic mass is 32.2. The summed E-state index contributed by atoms with van der Waals surface area (Å²) in [6.07, 6.45) is 2.97. The van der Waals surface area contributed by atoms with Gasteiger partial charge in [0.05, 0.1) is 7.11 Å². The predicted octanol–water partition coefficient (Wildman–Crippen LogP) is 1.52. The molecule has 0 bridgehead atoms. The van der Waals surface area contributed by atoms with Crippen molar-refractivity contribution in [2.75, 3.05) is 21.2 Å². The summed E-state index contributed by atoms with van der Waals surface area (Å²) in [7, 11) is 1.97. The molecule has 1 aromatic rings. The maximum Gasteiger partial charge on any atom is 0.254 e. The lowest BCUT2D eigenvalue weighted by Gasteiger charge is -2.26. The first-order valence-electron chi connectivity index (χ1n) is 6.26. The minimum absolute atomic E-state index is 0.0215. The van der Waals surface area contributed by atoms with Crippen LogP contribution in [0.2, 0.25) is 0 Å². The minimum atomic E-state index is -3.49. The van der Waals surface area contributed by atoms with Gasteiger partial charge in [0.25, 0.3) is 10.0 Å². The molecule has 5 nitrogen and oxygen atoms in total. The second kappa shape index (κ2) is 5.78. The molecule has 1 saturated carbocycles. The van der Waals surface area contributed by atoms with Crippen molar-refractivity contribution < 1.29 is 13.2 Å². The number of methoxy groups -OCH3 is 1. The van der Waals surface area contributed by atoms with Crippen LogP contribution in [0.4, 0.5) is 0 Å². The number of hydrogen-bond donors (Lipinski definition) is 1.